The largest absolute Gasteiger partial charge is 0.476 e. The average molecular weight is 279 g/mol. The van der Waals surface area contributed by atoms with E-state index >= 15 is 0 Å². The lowest BCUT2D eigenvalue weighted by Gasteiger charge is -2.45. The maximum Gasteiger partial charge on any atom is 0.247 e. The van der Waals surface area contributed by atoms with Crippen LogP contribution in [0, 0.1) is 0 Å². The fourth-order valence-corrected chi connectivity index (χ4v) is 2.42. The van der Waals surface area contributed by atoms with Gasteiger partial charge in [-0.25, -0.2) is 4.98 Å². The zero-order chi connectivity index (χ0) is 14.9. The van der Waals surface area contributed by atoms with Crippen molar-refractivity contribution < 1.29 is 9.53 Å². The molecule has 0 radical (unpaired) electrons. The van der Waals surface area contributed by atoms with Gasteiger partial charge in [0.05, 0.1) is 6.61 Å². The molecule has 1 saturated heterocycles. The van der Waals surface area contributed by atoms with E-state index in [9.17, 15) is 4.79 Å². The third-order valence-electron chi connectivity index (χ3n) is 3.57. The van der Waals surface area contributed by atoms with Gasteiger partial charge in [-0.05, 0) is 20.8 Å². The SMILES string of the molecule is CCOc1ncnc(N2CCN(C)C(=O)C2(C)C)c1N. The van der Waals surface area contributed by atoms with E-state index in [1.165, 1.54) is 6.33 Å². The molecule has 7 heteroatoms. The molecule has 7 nitrogen and oxygen atoms in total. The van der Waals surface area contributed by atoms with Crippen LogP contribution in [0.15, 0.2) is 6.33 Å². The van der Waals surface area contributed by atoms with Crippen LogP contribution in [-0.4, -0.2) is 53.1 Å². The number of aromatic nitrogens is 2. The molecular weight excluding hydrogens is 258 g/mol. The first-order chi connectivity index (χ1) is 9.39. The van der Waals surface area contributed by atoms with Crippen molar-refractivity contribution in [1.29, 1.82) is 0 Å². The highest BCUT2D eigenvalue weighted by Crippen LogP contribution is 2.34. The van der Waals surface area contributed by atoms with Gasteiger partial charge in [0.1, 0.15) is 17.6 Å². The van der Waals surface area contributed by atoms with Crippen LogP contribution in [0.1, 0.15) is 20.8 Å². The standard InChI is InChI=1S/C13H21N5O2/c1-5-20-11-9(14)10(15-8-16-11)18-7-6-17(4)12(19)13(18,2)3/h8H,5-7,14H2,1-4H3. The van der Waals surface area contributed by atoms with E-state index in [0.29, 0.717) is 37.1 Å². The third-order valence-corrected chi connectivity index (χ3v) is 3.57. The minimum absolute atomic E-state index is 0.0414. The van der Waals surface area contributed by atoms with E-state index < -0.39 is 5.54 Å². The topological polar surface area (TPSA) is 84.6 Å². The van der Waals surface area contributed by atoms with Crippen molar-refractivity contribution in [3.63, 3.8) is 0 Å². The first kappa shape index (κ1) is 14.4. The van der Waals surface area contributed by atoms with Crippen molar-refractivity contribution in [2.24, 2.45) is 0 Å². The molecule has 2 N–H and O–H groups in total. The average Bonchev–Trinajstić information content (AvgIpc) is 2.40. The molecule has 0 saturated carbocycles. The zero-order valence-corrected chi connectivity index (χ0v) is 12.4. The van der Waals surface area contributed by atoms with Crippen molar-refractivity contribution in [1.82, 2.24) is 14.9 Å². The monoisotopic (exact) mass is 279 g/mol. The minimum atomic E-state index is -0.695. The quantitative estimate of drug-likeness (QED) is 0.868. The molecule has 0 aliphatic carbocycles. The van der Waals surface area contributed by atoms with Gasteiger partial charge in [-0.3, -0.25) is 4.79 Å². The summed E-state index contributed by atoms with van der Waals surface area (Å²) in [6.45, 7) is 7.38. The Hall–Kier alpha value is -2.05. The van der Waals surface area contributed by atoms with Crippen molar-refractivity contribution in [3.05, 3.63) is 6.33 Å². The van der Waals surface area contributed by atoms with E-state index in [1.807, 2.05) is 25.7 Å². The van der Waals surface area contributed by atoms with Gasteiger partial charge in [0, 0.05) is 20.1 Å². The van der Waals surface area contributed by atoms with Gasteiger partial charge in [-0.15, -0.1) is 0 Å². The predicted octanol–water partition coefficient (Wildman–Crippen LogP) is 0.514. The second-order valence-electron chi connectivity index (χ2n) is 5.29. The van der Waals surface area contributed by atoms with Gasteiger partial charge >= 0.3 is 0 Å². The fraction of sp³-hybridized carbons (Fsp3) is 0.615. The molecule has 1 fully saturated rings. The number of amides is 1. The Kier molecular flexibility index (Phi) is 3.69. The number of nitrogen functional groups attached to an aromatic ring is 1. The number of likely N-dealkylation sites (N-methyl/N-ethyl adjacent to an activating group) is 1. The Morgan fingerprint density at radius 1 is 1.40 bits per heavy atom. The lowest BCUT2D eigenvalue weighted by molar-refractivity contribution is -0.136. The summed E-state index contributed by atoms with van der Waals surface area (Å²) in [4.78, 5) is 24.2. The third kappa shape index (κ3) is 2.23. The first-order valence-corrected chi connectivity index (χ1v) is 6.66. The number of hydrogen-bond acceptors (Lipinski definition) is 6. The molecule has 0 spiro atoms. The summed E-state index contributed by atoms with van der Waals surface area (Å²) < 4.78 is 5.39. The lowest BCUT2D eigenvalue weighted by atomic mass is 9.97. The molecule has 0 unspecified atom stereocenters. The van der Waals surface area contributed by atoms with Gasteiger partial charge in [0.25, 0.3) is 0 Å². The van der Waals surface area contributed by atoms with Crippen LogP contribution >= 0.6 is 0 Å². The zero-order valence-electron chi connectivity index (χ0n) is 12.4. The molecule has 1 aliphatic rings. The molecule has 0 bridgehead atoms. The molecule has 1 aromatic heterocycles. The van der Waals surface area contributed by atoms with Crippen molar-refractivity contribution in [3.8, 4) is 5.88 Å². The first-order valence-electron chi connectivity index (χ1n) is 6.66. The van der Waals surface area contributed by atoms with Crippen LogP contribution in [-0.2, 0) is 4.79 Å². The maximum absolute atomic E-state index is 12.3. The second-order valence-corrected chi connectivity index (χ2v) is 5.29. The Morgan fingerprint density at radius 2 is 2.10 bits per heavy atom. The van der Waals surface area contributed by atoms with Crippen LogP contribution in [0.3, 0.4) is 0 Å². The summed E-state index contributed by atoms with van der Waals surface area (Å²) in [6, 6.07) is 0. The second kappa shape index (κ2) is 5.15. The van der Waals surface area contributed by atoms with Crippen LogP contribution in [0.2, 0.25) is 0 Å². The molecule has 110 valence electrons. The van der Waals surface area contributed by atoms with Crippen molar-refractivity contribution in [2.75, 3.05) is 37.4 Å². The van der Waals surface area contributed by atoms with E-state index in [4.69, 9.17) is 10.5 Å². The van der Waals surface area contributed by atoms with Gasteiger partial charge < -0.3 is 20.3 Å². The Bertz CT molecular complexity index is 517. The van der Waals surface area contributed by atoms with Gasteiger partial charge in [0.15, 0.2) is 5.82 Å². The molecule has 1 amide bonds. The van der Waals surface area contributed by atoms with E-state index in [-0.39, 0.29) is 5.91 Å². The highest BCUT2D eigenvalue weighted by Gasteiger charge is 2.42. The number of anilines is 2. The normalized spacial score (nSPS) is 18.3. The number of carbonyl (C=O) groups is 1. The summed E-state index contributed by atoms with van der Waals surface area (Å²) in [5.74, 6) is 0.953. The molecule has 1 aromatic rings. The number of hydrogen-bond donors (Lipinski definition) is 1. The van der Waals surface area contributed by atoms with Gasteiger partial charge in [-0.2, -0.15) is 4.98 Å². The van der Waals surface area contributed by atoms with E-state index in [1.54, 1.807) is 11.9 Å². The summed E-state index contributed by atoms with van der Waals surface area (Å²) in [5.41, 5.74) is 5.76. The number of nitrogens with two attached hydrogens (primary N) is 1. The van der Waals surface area contributed by atoms with Crippen molar-refractivity contribution in [2.45, 2.75) is 26.3 Å². The summed E-state index contributed by atoms with van der Waals surface area (Å²) >= 11 is 0. The number of carbonyl (C=O) groups excluding carboxylic acids is 1. The Balaban J connectivity index is 2.41. The highest BCUT2D eigenvalue weighted by atomic mass is 16.5. The molecular formula is C13H21N5O2. The van der Waals surface area contributed by atoms with Gasteiger partial charge in [-0.1, -0.05) is 0 Å². The minimum Gasteiger partial charge on any atom is -0.476 e. The summed E-state index contributed by atoms with van der Waals surface area (Å²) in [6.07, 6.45) is 1.41. The number of rotatable bonds is 3. The van der Waals surface area contributed by atoms with Crippen LogP contribution in [0.4, 0.5) is 11.5 Å². The van der Waals surface area contributed by atoms with Crippen LogP contribution < -0.4 is 15.4 Å². The Labute approximate surface area is 118 Å². The van der Waals surface area contributed by atoms with Gasteiger partial charge in [0.2, 0.25) is 11.8 Å². The van der Waals surface area contributed by atoms with Crippen molar-refractivity contribution >= 4 is 17.4 Å². The fourth-order valence-electron chi connectivity index (χ4n) is 2.42. The lowest BCUT2D eigenvalue weighted by Crippen LogP contribution is -2.62. The molecule has 2 heterocycles. The highest BCUT2D eigenvalue weighted by molar-refractivity contribution is 5.91. The molecule has 1 aliphatic heterocycles. The van der Waals surface area contributed by atoms with E-state index in [0.717, 1.165) is 0 Å². The summed E-state index contributed by atoms with van der Waals surface area (Å²) in [7, 11) is 1.80. The molecule has 0 atom stereocenters. The molecule has 20 heavy (non-hydrogen) atoms. The predicted molar refractivity (Wildman–Crippen MR) is 76.7 cm³/mol. The molecule has 2 rings (SSSR count). The Morgan fingerprint density at radius 3 is 2.75 bits per heavy atom. The van der Waals surface area contributed by atoms with E-state index in [2.05, 4.69) is 9.97 Å². The number of ether oxygens (including phenoxy) is 1. The number of piperazine rings is 1. The smallest absolute Gasteiger partial charge is 0.247 e. The van der Waals surface area contributed by atoms with Crippen LogP contribution in [0.5, 0.6) is 5.88 Å². The number of nitrogens with zero attached hydrogens (tertiary/aromatic N) is 4. The maximum atomic E-state index is 12.3. The summed E-state index contributed by atoms with van der Waals surface area (Å²) in [5, 5.41) is 0. The molecule has 0 aromatic carbocycles. The van der Waals surface area contributed by atoms with Crippen LogP contribution in [0.25, 0.3) is 0 Å².